The third-order valence-corrected chi connectivity index (χ3v) is 4.16. The summed E-state index contributed by atoms with van der Waals surface area (Å²) in [7, 11) is 0. The summed E-state index contributed by atoms with van der Waals surface area (Å²) >= 11 is 0. The van der Waals surface area contributed by atoms with Crippen molar-refractivity contribution in [2.75, 3.05) is 0 Å². The first-order valence-corrected chi connectivity index (χ1v) is 7.32. The highest BCUT2D eigenvalue weighted by molar-refractivity contribution is 5.35. The topological polar surface area (TPSA) is 55.6 Å². The zero-order chi connectivity index (χ0) is 13.9. The maximum atomic E-state index is 3.94. The molecular weight excluding hydrogens is 250 g/mol. The van der Waals surface area contributed by atoms with Crippen LogP contribution in [0.25, 0.3) is 5.69 Å². The van der Waals surface area contributed by atoms with Crippen molar-refractivity contribution >= 4 is 0 Å². The number of benzene rings is 1. The monoisotopic (exact) mass is 271 g/mol. The Morgan fingerprint density at radius 3 is 2.95 bits per heavy atom. The fourth-order valence-corrected chi connectivity index (χ4v) is 3.02. The van der Waals surface area contributed by atoms with Crippen molar-refractivity contribution in [3.63, 3.8) is 0 Å². The molecule has 2 aromatic rings. The van der Waals surface area contributed by atoms with Gasteiger partial charge in [-0.25, -0.2) is 4.68 Å². The Kier molecular flexibility index (Phi) is 3.78. The molecule has 5 nitrogen and oxygen atoms in total. The van der Waals surface area contributed by atoms with Gasteiger partial charge in [0.25, 0.3) is 0 Å². The summed E-state index contributed by atoms with van der Waals surface area (Å²) in [6, 6.07) is 9.38. The minimum absolute atomic E-state index is 0.349. The molecule has 106 valence electrons. The first-order chi connectivity index (χ1) is 9.72. The molecule has 3 rings (SSSR count). The fourth-order valence-electron chi connectivity index (χ4n) is 3.02. The van der Waals surface area contributed by atoms with E-state index in [1.807, 2.05) is 6.07 Å². The molecule has 5 heteroatoms. The molecule has 1 aromatic carbocycles. The van der Waals surface area contributed by atoms with Crippen molar-refractivity contribution < 1.29 is 0 Å². The summed E-state index contributed by atoms with van der Waals surface area (Å²) in [5, 5.41) is 15.0. The van der Waals surface area contributed by atoms with E-state index in [1.54, 1.807) is 11.0 Å². The highest BCUT2D eigenvalue weighted by Gasteiger charge is 2.22. The SMILES string of the molecule is CC1CCC(NC(C)c2cccc(-n3cnnn3)c2)C1. The minimum Gasteiger partial charge on any atom is -0.307 e. The molecule has 1 aliphatic carbocycles. The number of hydrogen-bond donors (Lipinski definition) is 1. The molecule has 1 N–H and O–H groups in total. The Bertz CT molecular complexity index is 551. The van der Waals surface area contributed by atoms with E-state index in [2.05, 4.69) is 52.9 Å². The first kappa shape index (κ1) is 13.2. The number of hydrogen-bond acceptors (Lipinski definition) is 4. The number of aromatic nitrogens is 4. The molecule has 1 aromatic heterocycles. The Hall–Kier alpha value is -1.75. The lowest BCUT2D eigenvalue weighted by molar-refractivity contribution is 0.449. The Labute approximate surface area is 119 Å². The van der Waals surface area contributed by atoms with Crippen molar-refractivity contribution in [1.29, 1.82) is 0 Å². The van der Waals surface area contributed by atoms with Crippen LogP contribution in [-0.4, -0.2) is 26.2 Å². The maximum Gasteiger partial charge on any atom is 0.143 e. The van der Waals surface area contributed by atoms with Gasteiger partial charge in [-0.1, -0.05) is 19.1 Å². The summed E-state index contributed by atoms with van der Waals surface area (Å²) in [4.78, 5) is 0. The smallest absolute Gasteiger partial charge is 0.143 e. The third-order valence-electron chi connectivity index (χ3n) is 4.16. The lowest BCUT2D eigenvalue weighted by atomic mass is 10.1. The molecule has 0 aliphatic heterocycles. The number of nitrogens with zero attached hydrogens (tertiary/aromatic N) is 4. The Balaban J connectivity index is 1.71. The molecule has 0 bridgehead atoms. The minimum atomic E-state index is 0.349. The van der Waals surface area contributed by atoms with Crippen LogP contribution in [0.3, 0.4) is 0 Å². The van der Waals surface area contributed by atoms with Crippen LogP contribution in [-0.2, 0) is 0 Å². The largest absolute Gasteiger partial charge is 0.307 e. The molecular formula is C15H21N5. The van der Waals surface area contributed by atoms with E-state index in [0.29, 0.717) is 12.1 Å². The number of nitrogens with one attached hydrogen (secondary N) is 1. The molecule has 1 saturated carbocycles. The van der Waals surface area contributed by atoms with Crippen molar-refractivity contribution in [2.45, 2.75) is 45.2 Å². The third kappa shape index (κ3) is 2.88. The van der Waals surface area contributed by atoms with Gasteiger partial charge in [-0.3, -0.25) is 0 Å². The van der Waals surface area contributed by atoms with Gasteiger partial charge in [0.2, 0.25) is 0 Å². The van der Waals surface area contributed by atoms with Crippen LogP contribution in [0.2, 0.25) is 0 Å². The van der Waals surface area contributed by atoms with Gasteiger partial charge in [0.1, 0.15) is 6.33 Å². The van der Waals surface area contributed by atoms with E-state index in [-0.39, 0.29) is 0 Å². The second-order valence-electron chi connectivity index (χ2n) is 5.85. The molecule has 0 spiro atoms. The van der Waals surface area contributed by atoms with E-state index in [0.717, 1.165) is 11.6 Å². The van der Waals surface area contributed by atoms with Gasteiger partial charge in [-0.2, -0.15) is 0 Å². The van der Waals surface area contributed by atoms with Crippen molar-refractivity contribution in [1.82, 2.24) is 25.5 Å². The highest BCUT2D eigenvalue weighted by Crippen LogP contribution is 2.27. The predicted octanol–water partition coefficient (Wildman–Crippen LogP) is 2.50. The maximum absolute atomic E-state index is 3.94. The summed E-state index contributed by atoms with van der Waals surface area (Å²) < 4.78 is 1.69. The van der Waals surface area contributed by atoms with Crippen LogP contribution in [0.1, 0.15) is 44.7 Å². The number of tetrazole rings is 1. The normalized spacial score (nSPS) is 23.9. The number of rotatable bonds is 4. The van der Waals surface area contributed by atoms with Gasteiger partial charge < -0.3 is 5.32 Å². The van der Waals surface area contributed by atoms with E-state index < -0.39 is 0 Å². The molecule has 1 heterocycles. The van der Waals surface area contributed by atoms with E-state index in [9.17, 15) is 0 Å². The van der Waals surface area contributed by atoms with Gasteiger partial charge >= 0.3 is 0 Å². The van der Waals surface area contributed by atoms with Crippen LogP contribution in [0.5, 0.6) is 0 Å². The first-order valence-electron chi connectivity index (χ1n) is 7.32. The Morgan fingerprint density at radius 1 is 1.35 bits per heavy atom. The van der Waals surface area contributed by atoms with E-state index in [1.165, 1.54) is 24.8 Å². The fraction of sp³-hybridized carbons (Fsp3) is 0.533. The molecule has 0 amide bonds. The van der Waals surface area contributed by atoms with Crippen molar-refractivity contribution in [2.24, 2.45) is 5.92 Å². The quantitative estimate of drug-likeness (QED) is 0.928. The van der Waals surface area contributed by atoms with Gasteiger partial charge in [0.05, 0.1) is 5.69 Å². The summed E-state index contributed by atoms with van der Waals surface area (Å²) in [5.74, 6) is 0.854. The van der Waals surface area contributed by atoms with E-state index in [4.69, 9.17) is 0 Å². The van der Waals surface area contributed by atoms with Gasteiger partial charge in [0, 0.05) is 12.1 Å². The molecule has 3 atom stereocenters. The standard InChI is InChI=1S/C15H21N5/c1-11-6-7-14(8-11)17-12(2)13-4-3-5-15(9-13)20-10-16-18-19-20/h3-5,9-12,14,17H,6-8H2,1-2H3. The predicted molar refractivity (Wildman–Crippen MR) is 77.5 cm³/mol. The summed E-state index contributed by atoms with van der Waals surface area (Å²) in [6.45, 7) is 4.56. The lowest BCUT2D eigenvalue weighted by Crippen LogP contribution is -2.29. The zero-order valence-electron chi connectivity index (χ0n) is 12.0. The molecule has 20 heavy (non-hydrogen) atoms. The molecule has 0 saturated heterocycles. The average molecular weight is 271 g/mol. The lowest BCUT2D eigenvalue weighted by Gasteiger charge is -2.20. The molecule has 1 aliphatic rings. The van der Waals surface area contributed by atoms with E-state index >= 15 is 0 Å². The molecule has 1 fully saturated rings. The summed E-state index contributed by atoms with van der Waals surface area (Å²) in [6.07, 6.45) is 5.54. The van der Waals surface area contributed by atoms with Crippen LogP contribution in [0, 0.1) is 5.92 Å². The molecule has 3 unspecified atom stereocenters. The van der Waals surface area contributed by atoms with Crippen molar-refractivity contribution in [3.8, 4) is 5.69 Å². The van der Waals surface area contributed by atoms with Crippen LogP contribution in [0.4, 0.5) is 0 Å². The second kappa shape index (κ2) is 5.71. The van der Waals surface area contributed by atoms with Crippen LogP contribution in [0.15, 0.2) is 30.6 Å². The van der Waals surface area contributed by atoms with Crippen molar-refractivity contribution in [3.05, 3.63) is 36.2 Å². The Morgan fingerprint density at radius 2 is 2.25 bits per heavy atom. The highest BCUT2D eigenvalue weighted by atomic mass is 15.5. The second-order valence-corrected chi connectivity index (χ2v) is 5.85. The summed E-state index contributed by atoms with van der Waals surface area (Å²) in [5.41, 5.74) is 2.28. The average Bonchev–Trinajstić information content (AvgIpc) is 3.11. The van der Waals surface area contributed by atoms with Crippen LogP contribution < -0.4 is 5.32 Å². The zero-order valence-corrected chi connectivity index (χ0v) is 12.0. The van der Waals surface area contributed by atoms with Gasteiger partial charge in [-0.15, -0.1) is 5.10 Å². The van der Waals surface area contributed by atoms with Gasteiger partial charge in [-0.05, 0) is 60.2 Å². The molecule has 0 radical (unpaired) electrons. The van der Waals surface area contributed by atoms with Crippen LogP contribution >= 0.6 is 0 Å². The van der Waals surface area contributed by atoms with Gasteiger partial charge in [0.15, 0.2) is 0 Å².